The van der Waals surface area contributed by atoms with Crippen LogP contribution in [0, 0.1) is 13.8 Å². The van der Waals surface area contributed by atoms with E-state index in [4.69, 9.17) is 11.6 Å². The fraction of sp³-hybridized carbons (Fsp3) is 0.350. The molecule has 1 aromatic carbocycles. The third kappa shape index (κ3) is 4.43. The molecule has 1 N–H and O–H groups in total. The Morgan fingerprint density at radius 1 is 1.10 bits per heavy atom. The van der Waals surface area contributed by atoms with Gasteiger partial charge in [-0.3, -0.25) is 4.79 Å². The molecule has 1 amide bonds. The summed E-state index contributed by atoms with van der Waals surface area (Å²) in [5, 5.41) is 9.75. The van der Waals surface area contributed by atoms with E-state index < -0.39 is 41.2 Å². The molecule has 0 bridgehead atoms. The molecule has 1 atom stereocenters. The minimum atomic E-state index is -3.17. The Morgan fingerprint density at radius 2 is 1.74 bits per heavy atom. The van der Waals surface area contributed by atoms with Gasteiger partial charge in [-0.25, -0.2) is 26.9 Å². The van der Waals surface area contributed by atoms with Crippen molar-refractivity contribution in [3.8, 4) is 5.69 Å². The van der Waals surface area contributed by atoms with Crippen molar-refractivity contribution in [2.75, 3.05) is 0 Å². The first-order valence-electron chi connectivity index (χ1n) is 9.35. The molecule has 3 rings (SSSR count). The highest BCUT2D eigenvalue weighted by Crippen LogP contribution is 2.36. The highest BCUT2D eigenvalue weighted by molar-refractivity contribution is 6.32. The number of carbonyl (C=O) groups excluding carboxylic acids is 1. The number of aryl methyl sites for hydroxylation is 1. The van der Waals surface area contributed by atoms with Crippen LogP contribution in [0.25, 0.3) is 5.69 Å². The zero-order chi connectivity index (χ0) is 22.9. The van der Waals surface area contributed by atoms with E-state index in [0.717, 1.165) is 16.9 Å². The molecular formula is C20H20ClF4N5O. The molecule has 3 aromatic rings. The Morgan fingerprint density at radius 3 is 2.32 bits per heavy atom. The van der Waals surface area contributed by atoms with Crippen molar-refractivity contribution < 1.29 is 22.4 Å². The van der Waals surface area contributed by atoms with Crippen LogP contribution in [0.2, 0.25) is 5.02 Å². The minimum Gasteiger partial charge on any atom is -0.350 e. The average molecular weight is 458 g/mol. The summed E-state index contributed by atoms with van der Waals surface area (Å²) in [4.78, 5) is 12.6. The van der Waals surface area contributed by atoms with Crippen LogP contribution in [-0.4, -0.2) is 25.5 Å². The zero-order valence-corrected chi connectivity index (χ0v) is 17.7. The van der Waals surface area contributed by atoms with Gasteiger partial charge < -0.3 is 5.32 Å². The third-order valence-corrected chi connectivity index (χ3v) is 5.34. The lowest BCUT2D eigenvalue weighted by Gasteiger charge is -2.16. The number of hydrogen-bond acceptors (Lipinski definition) is 3. The summed E-state index contributed by atoms with van der Waals surface area (Å²) < 4.78 is 55.1. The number of halogens is 5. The first kappa shape index (κ1) is 22.8. The maximum atomic E-state index is 13.4. The Balaban J connectivity index is 1.81. The van der Waals surface area contributed by atoms with Gasteiger partial charge in [-0.15, -0.1) is 0 Å². The maximum absolute atomic E-state index is 13.4. The Bertz CT molecular complexity index is 1080. The number of rotatable bonds is 7. The lowest BCUT2D eigenvalue weighted by Crippen LogP contribution is -2.32. The number of carbonyl (C=O) groups is 1. The van der Waals surface area contributed by atoms with Crippen molar-refractivity contribution in [2.24, 2.45) is 0 Å². The number of nitrogens with zero attached hydrogens (tertiary/aromatic N) is 4. The lowest BCUT2D eigenvalue weighted by molar-refractivity contribution is -0.124. The van der Waals surface area contributed by atoms with Crippen molar-refractivity contribution in [3.63, 3.8) is 0 Å². The van der Waals surface area contributed by atoms with Gasteiger partial charge in [-0.05, 0) is 32.9 Å². The summed E-state index contributed by atoms with van der Waals surface area (Å²) in [6, 6.07) is 8.12. The summed E-state index contributed by atoms with van der Waals surface area (Å²) in [5.41, 5.74) is 1.19. The van der Waals surface area contributed by atoms with Gasteiger partial charge >= 0.3 is 0 Å². The van der Waals surface area contributed by atoms with Crippen molar-refractivity contribution in [3.05, 3.63) is 63.7 Å². The minimum absolute atomic E-state index is 0.0778. The molecule has 0 radical (unpaired) electrons. The van der Waals surface area contributed by atoms with Gasteiger partial charge in [0.25, 0.3) is 12.9 Å². The van der Waals surface area contributed by atoms with Gasteiger partial charge in [-0.1, -0.05) is 29.8 Å². The SMILES string of the molecule is Cc1nn(-c2ccccc2)c(C)c1CNC(=O)C(C)n1nc(C(F)F)c(Cl)c1C(F)F. The first-order chi connectivity index (χ1) is 14.6. The number of para-hydroxylation sites is 1. The predicted octanol–water partition coefficient (Wildman–Crippen LogP) is 5.09. The predicted molar refractivity (Wildman–Crippen MR) is 107 cm³/mol. The largest absolute Gasteiger partial charge is 0.350 e. The molecule has 2 aromatic heterocycles. The Kier molecular flexibility index (Phi) is 6.68. The van der Waals surface area contributed by atoms with Crippen LogP contribution in [0.15, 0.2) is 30.3 Å². The van der Waals surface area contributed by atoms with Gasteiger partial charge in [0.05, 0.1) is 16.4 Å². The Hall–Kier alpha value is -2.88. The monoisotopic (exact) mass is 457 g/mol. The average Bonchev–Trinajstić information content (AvgIpc) is 3.22. The van der Waals surface area contributed by atoms with Gasteiger partial charge in [0, 0.05) is 17.8 Å². The fourth-order valence-electron chi connectivity index (χ4n) is 3.26. The van der Waals surface area contributed by atoms with E-state index in [9.17, 15) is 22.4 Å². The quantitative estimate of drug-likeness (QED) is 0.502. The maximum Gasteiger partial charge on any atom is 0.283 e. The van der Waals surface area contributed by atoms with Crippen molar-refractivity contribution >= 4 is 17.5 Å². The second kappa shape index (κ2) is 9.09. The van der Waals surface area contributed by atoms with E-state index in [1.165, 1.54) is 6.92 Å². The summed E-state index contributed by atoms with van der Waals surface area (Å²) in [5.74, 6) is -0.673. The smallest absolute Gasteiger partial charge is 0.283 e. The Labute approximate surface area is 180 Å². The summed E-state index contributed by atoms with van der Waals surface area (Å²) in [6.07, 6.45) is -6.31. The number of nitrogens with one attached hydrogen (secondary N) is 1. The standard InChI is InChI=1S/C20H20ClF4N5O/c1-10-14(11(2)29(27-10)13-7-5-4-6-8-13)9-26-20(31)12(3)30-17(19(24)25)15(21)16(28-30)18(22)23/h4-8,12,18-19H,9H2,1-3H3,(H,26,31). The molecule has 0 aliphatic heterocycles. The van der Waals surface area contributed by atoms with Crippen molar-refractivity contribution in [2.45, 2.75) is 46.2 Å². The van der Waals surface area contributed by atoms with Crippen LogP contribution >= 0.6 is 11.6 Å². The van der Waals surface area contributed by atoms with Crippen LogP contribution in [0.4, 0.5) is 17.6 Å². The molecule has 0 spiro atoms. The van der Waals surface area contributed by atoms with Crippen molar-refractivity contribution in [1.82, 2.24) is 24.9 Å². The molecule has 0 saturated carbocycles. The van der Waals surface area contributed by atoms with Crippen LogP contribution < -0.4 is 5.32 Å². The fourth-order valence-corrected chi connectivity index (χ4v) is 3.55. The molecule has 0 saturated heterocycles. The molecular weight excluding hydrogens is 438 g/mol. The first-order valence-corrected chi connectivity index (χ1v) is 9.73. The van der Waals surface area contributed by atoms with E-state index in [1.54, 1.807) is 11.6 Å². The number of aromatic nitrogens is 4. The van der Waals surface area contributed by atoms with E-state index in [2.05, 4.69) is 15.5 Å². The molecule has 2 heterocycles. The second-order valence-corrected chi connectivity index (χ2v) is 7.30. The molecule has 6 nitrogen and oxygen atoms in total. The molecule has 31 heavy (non-hydrogen) atoms. The van der Waals surface area contributed by atoms with E-state index in [0.29, 0.717) is 10.4 Å². The highest BCUT2D eigenvalue weighted by Gasteiger charge is 2.32. The topological polar surface area (TPSA) is 64.7 Å². The molecule has 166 valence electrons. The molecule has 0 fully saturated rings. The van der Waals surface area contributed by atoms with Crippen molar-refractivity contribution in [1.29, 1.82) is 0 Å². The summed E-state index contributed by atoms with van der Waals surface area (Å²) in [6.45, 7) is 4.99. The zero-order valence-electron chi connectivity index (χ0n) is 16.9. The van der Waals surface area contributed by atoms with Crippen LogP contribution in [0.3, 0.4) is 0 Å². The van der Waals surface area contributed by atoms with Gasteiger partial charge in [-0.2, -0.15) is 10.2 Å². The van der Waals surface area contributed by atoms with Crippen LogP contribution in [-0.2, 0) is 11.3 Å². The second-order valence-electron chi connectivity index (χ2n) is 6.92. The van der Waals surface area contributed by atoms with Crippen LogP contribution in [0.1, 0.15) is 54.2 Å². The van der Waals surface area contributed by atoms with Gasteiger partial charge in [0.15, 0.2) is 0 Å². The van der Waals surface area contributed by atoms with E-state index in [-0.39, 0.29) is 6.54 Å². The van der Waals surface area contributed by atoms with E-state index in [1.807, 2.05) is 37.3 Å². The molecule has 11 heteroatoms. The molecule has 0 aliphatic carbocycles. The van der Waals surface area contributed by atoms with Gasteiger partial charge in [0.1, 0.15) is 17.4 Å². The number of alkyl halides is 4. The highest BCUT2D eigenvalue weighted by atomic mass is 35.5. The van der Waals surface area contributed by atoms with Gasteiger partial charge in [0.2, 0.25) is 5.91 Å². The normalized spacial score (nSPS) is 12.6. The number of benzene rings is 1. The molecule has 1 unspecified atom stereocenters. The molecule has 0 aliphatic rings. The number of hydrogen-bond donors (Lipinski definition) is 1. The summed E-state index contributed by atoms with van der Waals surface area (Å²) >= 11 is 5.66. The lowest BCUT2D eigenvalue weighted by atomic mass is 10.2. The number of amides is 1. The van der Waals surface area contributed by atoms with Crippen LogP contribution in [0.5, 0.6) is 0 Å². The van der Waals surface area contributed by atoms with E-state index >= 15 is 0 Å². The summed E-state index contributed by atoms with van der Waals surface area (Å²) in [7, 11) is 0. The third-order valence-electron chi connectivity index (χ3n) is 4.95.